The number of carbonyl (C=O) groups excluding carboxylic acids is 1. The monoisotopic (exact) mass is 212 g/mol. The van der Waals surface area contributed by atoms with Gasteiger partial charge in [-0.05, 0) is 31.6 Å². The van der Waals surface area contributed by atoms with E-state index < -0.39 is 0 Å². The van der Waals surface area contributed by atoms with E-state index in [4.69, 9.17) is 0 Å². The van der Waals surface area contributed by atoms with Crippen LogP contribution in [0.4, 0.5) is 0 Å². The van der Waals surface area contributed by atoms with Crippen molar-refractivity contribution in [2.75, 3.05) is 7.11 Å². The lowest BCUT2D eigenvalue weighted by molar-refractivity contribution is -0.140. The van der Waals surface area contributed by atoms with Crippen LogP contribution in [-0.4, -0.2) is 13.1 Å². The fraction of sp³-hybridized carbons (Fsp3) is 0.769. The zero-order chi connectivity index (χ0) is 11.7. The largest absolute Gasteiger partial charge is 0.469 e. The number of methoxy groups -OCH3 is 1. The van der Waals surface area contributed by atoms with E-state index in [1.807, 2.05) is 13.8 Å². The molecule has 0 saturated carbocycles. The lowest BCUT2D eigenvalue weighted by Gasteiger charge is -2.17. The van der Waals surface area contributed by atoms with Gasteiger partial charge in [0.15, 0.2) is 0 Å². The normalized spacial score (nSPS) is 19.7. The SMILES string of the molecule is CC.COC(=O)CCC1=CC(C)CCC1. The number of rotatable bonds is 3. The fourth-order valence-electron chi connectivity index (χ4n) is 1.79. The molecule has 0 bridgehead atoms. The van der Waals surface area contributed by atoms with E-state index in [0.29, 0.717) is 12.3 Å². The molecule has 1 rings (SSSR count). The van der Waals surface area contributed by atoms with Gasteiger partial charge in [0, 0.05) is 6.42 Å². The summed E-state index contributed by atoms with van der Waals surface area (Å²) in [4.78, 5) is 10.9. The van der Waals surface area contributed by atoms with E-state index >= 15 is 0 Å². The Balaban J connectivity index is 0.000000921. The first kappa shape index (κ1) is 14.2. The molecule has 2 nitrogen and oxygen atoms in total. The van der Waals surface area contributed by atoms with Gasteiger partial charge in [0.25, 0.3) is 0 Å². The highest BCUT2D eigenvalue weighted by molar-refractivity contribution is 5.69. The molecule has 0 aromatic carbocycles. The van der Waals surface area contributed by atoms with Gasteiger partial charge in [-0.15, -0.1) is 0 Å². The van der Waals surface area contributed by atoms with Crippen LogP contribution < -0.4 is 0 Å². The van der Waals surface area contributed by atoms with Crippen molar-refractivity contribution in [3.05, 3.63) is 11.6 Å². The Bertz CT molecular complexity index is 207. The molecule has 88 valence electrons. The number of allylic oxidation sites excluding steroid dienone is 2. The molecule has 0 aliphatic heterocycles. The summed E-state index contributed by atoms with van der Waals surface area (Å²) in [5, 5.41) is 0. The molecule has 1 aliphatic carbocycles. The first-order chi connectivity index (χ1) is 7.22. The standard InChI is InChI=1S/C11H18O2.C2H6/c1-9-4-3-5-10(8-9)6-7-11(12)13-2;1-2/h8-9H,3-7H2,1-2H3;1-2H3. The zero-order valence-electron chi connectivity index (χ0n) is 10.5. The number of esters is 1. The Morgan fingerprint density at radius 3 is 2.73 bits per heavy atom. The molecule has 1 unspecified atom stereocenters. The maximum Gasteiger partial charge on any atom is 0.305 e. The first-order valence-electron chi connectivity index (χ1n) is 5.98. The summed E-state index contributed by atoms with van der Waals surface area (Å²) in [6, 6.07) is 0. The van der Waals surface area contributed by atoms with E-state index in [0.717, 1.165) is 6.42 Å². The first-order valence-corrected chi connectivity index (χ1v) is 5.98. The maximum atomic E-state index is 10.9. The number of carbonyl (C=O) groups is 1. The van der Waals surface area contributed by atoms with Crippen LogP contribution in [0.1, 0.15) is 52.9 Å². The van der Waals surface area contributed by atoms with Gasteiger partial charge >= 0.3 is 5.97 Å². The highest BCUT2D eigenvalue weighted by Crippen LogP contribution is 2.25. The maximum absolute atomic E-state index is 10.9. The molecule has 0 spiro atoms. The average molecular weight is 212 g/mol. The van der Waals surface area contributed by atoms with Crippen molar-refractivity contribution < 1.29 is 9.53 Å². The van der Waals surface area contributed by atoms with Crippen LogP contribution >= 0.6 is 0 Å². The average Bonchev–Trinajstić information content (AvgIpc) is 2.29. The second-order valence-electron chi connectivity index (χ2n) is 3.77. The fourth-order valence-corrected chi connectivity index (χ4v) is 1.79. The minimum atomic E-state index is -0.0980. The summed E-state index contributed by atoms with van der Waals surface area (Å²) in [6.07, 6.45) is 7.47. The van der Waals surface area contributed by atoms with Gasteiger partial charge in [0.2, 0.25) is 0 Å². The van der Waals surface area contributed by atoms with Crippen LogP contribution in [-0.2, 0) is 9.53 Å². The van der Waals surface area contributed by atoms with Crippen molar-refractivity contribution in [3.63, 3.8) is 0 Å². The van der Waals surface area contributed by atoms with Crippen LogP contribution in [0, 0.1) is 5.92 Å². The Kier molecular flexibility index (Phi) is 8.06. The third kappa shape index (κ3) is 6.32. The molecule has 0 radical (unpaired) electrons. The highest BCUT2D eigenvalue weighted by atomic mass is 16.5. The molecular weight excluding hydrogens is 188 g/mol. The van der Waals surface area contributed by atoms with Crippen molar-refractivity contribution in [1.82, 2.24) is 0 Å². The Hall–Kier alpha value is -0.790. The van der Waals surface area contributed by atoms with E-state index in [2.05, 4.69) is 17.7 Å². The van der Waals surface area contributed by atoms with Gasteiger partial charge in [-0.25, -0.2) is 0 Å². The second-order valence-corrected chi connectivity index (χ2v) is 3.77. The van der Waals surface area contributed by atoms with Crippen LogP contribution in [0.25, 0.3) is 0 Å². The lowest BCUT2D eigenvalue weighted by atomic mass is 9.90. The van der Waals surface area contributed by atoms with E-state index in [9.17, 15) is 4.79 Å². The summed E-state index contributed by atoms with van der Waals surface area (Å²) in [5.41, 5.74) is 1.43. The topological polar surface area (TPSA) is 26.3 Å². The van der Waals surface area contributed by atoms with Crippen LogP contribution in [0.3, 0.4) is 0 Å². The molecule has 0 heterocycles. The summed E-state index contributed by atoms with van der Waals surface area (Å²) < 4.78 is 4.60. The molecule has 0 fully saturated rings. The highest BCUT2D eigenvalue weighted by Gasteiger charge is 2.10. The van der Waals surface area contributed by atoms with Gasteiger partial charge in [-0.1, -0.05) is 32.4 Å². The van der Waals surface area contributed by atoms with Gasteiger partial charge in [0.1, 0.15) is 0 Å². The van der Waals surface area contributed by atoms with E-state index in [-0.39, 0.29) is 5.97 Å². The predicted octanol–water partition coefficient (Wildman–Crippen LogP) is 3.71. The van der Waals surface area contributed by atoms with Gasteiger partial charge < -0.3 is 4.74 Å². The van der Waals surface area contributed by atoms with Crippen LogP contribution in [0.2, 0.25) is 0 Å². The van der Waals surface area contributed by atoms with Crippen LogP contribution in [0.15, 0.2) is 11.6 Å². The summed E-state index contributed by atoms with van der Waals surface area (Å²) in [7, 11) is 1.44. The molecule has 15 heavy (non-hydrogen) atoms. The number of hydrogen-bond donors (Lipinski definition) is 0. The van der Waals surface area contributed by atoms with Crippen molar-refractivity contribution in [3.8, 4) is 0 Å². The predicted molar refractivity (Wildman–Crippen MR) is 63.7 cm³/mol. The molecule has 2 heteroatoms. The third-order valence-corrected chi connectivity index (χ3v) is 2.56. The minimum Gasteiger partial charge on any atom is -0.469 e. The van der Waals surface area contributed by atoms with E-state index in [1.54, 1.807) is 0 Å². The zero-order valence-corrected chi connectivity index (χ0v) is 10.5. The summed E-state index contributed by atoms with van der Waals surface area (Å²) in [6.45, 7) is 6.23. The van der Waals surface area contributed by atoms with Crippen molar-refractivity contribution in [2.45, 2.75) is 52.9 Å². The molecule has 0 aromatic heterocycles. The van der Waals surface area contributed by atoms with Gasteiger partial charge in [-0.2, -0.15) is 0 Å². The lowest BCUT2D eigenvalue weighted by Crippen LogP contribution is -2.04. The number of ether oxygens (including phenoxy) is 1. The van der Waals surface area contributed by atoms with Crippen LogP contribution in [0.5, 0.6) is 0 Å². The Labute approximate surface area is 93.7 Å². The summed E-state index contributed by atoms with van der Waals surface area (Å²) in [5.74, 6) is 0.598. The Morgan fingerprint density at radius 1 is 1.53 bits per heavy atom. The Morgan fingerprint density at radius 2 is 2.20 bits per heavy atom. The molecule has 1 atom stereocenters. The molecule has 0 saturated heterocycles. The molecule has 0 N–H and O–H groups in total. The van der Waals surface area contributed by atoms with Crippen molar-refractivity contribution in [1.29, 1.82) is 0 Å². The molecule has 0 amide bonds. The molecular formula is C13H24O2. The third-order valence-electron chi connectivity index (χ3n) is 2.56. The smallest absolute Gasteiger partial charge is 0.305 e. The van der Waals surface area contributed by atoms with Crippen molar-refractivity contribution in [2.24, 2.45) is 5.92 Å². The summed E-state index contributed by atoms with van der Waals surface area (Å²) >= 11 is 0. The number of hydrogen-bond acceptors (Lipinski definition) is 2. The van der Waals surface area contributed by atoms with E-state index in [1.165, 1.54) is 31.9 Å². The molecule has 1 aliphatic rings. The quantitative estimate of drug-likeness (QED) is 0.526. The second kappa shape index (κ2) is 8.51. The minimum absolute atomic E-state index is 0.0980. The van der Waals surface area contributed by atoms with Crippen molar-refractivity contribution >= 4 is 5.97 Å². The molecule has 0 aromatic rings. The van der Waals surface area contributed by atoms with Gasteiger partial charge in [-0.3, -0.25) is 4.79 Å². The van der Waals surface area contributed by atoms with Gasteiger partial charge in [0.05, 0.1) is 7.11 Å².